The molecule has 0 aliphatic heterocycles. The van der Waals surface area contributed by atoms with Gasteiger partial charge in [-0.1, -0.05) is 6.07 Å². The zero-order valence-electron chi connectivity index (χ0n) is 10.7. The van der Waals surface area contributed by atoms with Gasteiger partial charge in [0.1, 0.15) is 4.88 Å². The number of carboxylic acids is 1. The van der Waals surface area contributed by atoms with Crippen LogP contribution in [0.15, 0.2) is 23.0 Å². The first-order valence-electron chi connectivity index (χ1n) is 5.85. The van der Waals surface area contributed by atoms with Gasteiger partial charge in [0.2, 0.25) is 0 Å². The lowest BCUT2D eigenvalue weighted by Crippen LogP contribution is -2.21. The van der Waals surface area contributed by atoms with Crippen LogP contribution >= 0.6 is 11.3 Å². The number of carboxylic acid groups (broad SMARTS) is 1. The molecule has 6 heteroatoms. The zero-order chi connectivity index (χ0) is 14.0. The van der Waals surface area contributed by atoms with Crippen LogP contribution in [0.1, 0.15) is 26.1 Å². The Labute approximate surface area is 114 Å². The number of hydrogen-bond donors (Lipinski definition) is 1. The summed E-state index contributed by atoms with van der Waals surface area (Å²) < 4.78 is 1.66. The molecule has 1 N–H and O–H groups in total. The molecular weight excluding hydrogens is 264 g/mol. The average Bonchev–Trinajstić information content (AvgIpc) is 2.70. The largest absolute Gasteiger partial charge is 0.477 e. The Morgan fingerprint density at radius 1 is 1.42 bits per heavy atom. The number of carbonyl (C=O) groups is 1. The third-order valence-corrected chi connectivity index (χ3v) is 4.06. The van der Waals surface area contributed by atoms with E-state index in [0.717, 1.165) is 10.7 Å². The third kappa shape index (κ3) is 2.90. The highest BCUT2D eigenvalue weighted by molar-refractivity contribution is 7.13. The Morgan fingerprint density at radius 3 is 2.74 bits per heavy atom. The summed E-state index contributed by atoms with van der Waals surface area (Å²) in [5.74, 6) is -0.950. The normalized spacial score (nSPS) is 10.6. The molecule has 0 fully saturated rings. The van der Waals surface area contributed by atoms with Gasteiger partial charge < -0.3 is 9.67 Å². The van der Waals surface area contributed by atoms with Crippen molar-refractivity contribution in [2.45, 2.75) is 26.8 Å². The lowest BCUT2D eigenvalue weighted by atomic mass is 10.3. The molecule has 0 aliphatic rings. The highest BCUT2D eigenvalue weighted by Gasteiger charge is 2.13. The van der Waals surface area contributed by atoms with Crippen molar-refractivity contribution >= 4 is 17.3 Å². The van der Waals surface area contributed by atoms with Gasteiger partial charge in [0.05, 0.1) is 10.7 Å². The van der Waals surface area contributed by atoms with E-state index in [2.05, 4.69) is 4.98 Å². The maximum Gasteiger partial charge on any atom is 0.347 e. The molecule has 5 nitrogen and oxygen atoms in total. The van der Waals surface area contributed by atoms with Gasteiger partial charge in [-0.05, 0) is 19.9 Å². The lowest BCUT2D eigenvalue weighted by molar-refractivity contribution is 0.0701. The highest BCUT2D eigenvalue weighted by atomic mass is 32.1. The quantitative estimate of drug-likeness (QED) is 0.926. The molecule has 19 heavy (non-hydrogen) atoms. The van der Waals surface area contributed by atoms with Crippen LogP contribution in [0, 0.1) is 13.8 Å². The van der Waals surface area contributed by atoms with Crippen LogP contribution in [-0.4, -0.2) is 20.6 Å². The molecule has 2 rings (SSSR count). The van der Waals surface area contributed by atoms with E-state index >= 15 is 0 Å². The summed E-state index contributed by atoms with van der Waals surface area (Å²) in [6, 6.07) is 5.12. The van der Waals surface area contributed by atoms with Crippen molar-refractivity contribution in [3.63, 3.8) is 0 Å². The molecular formula is C13H14N2O3S. The van der Waals surface area contributed by atoms with Gasteiger partial charge in [-0.3, -0.25) is 4.79 Å². The van der Waals surface area contributed by atoms with Gasteiger partial charge in [-0.15, -0.1) is 11.3 Å². The molecule has 0 unspecified atom stereocenters. The molecule has 2 heterocycles. The summed E-state index contributed by atoms with van der Waals surface area (Å²) >= 11 is 1.17. The molecule has 0 spiro atoms. The summed E-state index contributed by atoms with van der Waals surface area (Å²) in [5.41, 5.74) is 1.37. The summed E-state index contributed by atoms with van der Waals surface area (Å²) in [6.07, 6.45) is 0.559. The zero-order valence-corrected chi connectivity index (χ0v) is 11.5. The highest BCUT2D eigenvalue weighted by Crippen LogP contribution is 2.18. The van der Waals surface area contributed by atoms with Crippen LogP contribution in [0.4, 0.5) is 0 Å². The van der Waals surface area contributed by atoms with Crippen LogP contribution in [0.3, 0.4) is 0 Å². The predicted molar refractivity (Wildman–Crippen MR) is 73.0 cm³/mol. The molecule has 0 bridgehead atoms. The van der Waals surface area contributed by atoms with Gasteiger partial charge >= 0.3 is 5.97 Å². The van der Waals surface area contributed by atoms with Crippen molar-refractivity contribution in [3.05, 3.63) is 49.8 Å². The van der Waals surface area contributed by atoms with E-state index in [0.29, 0.717) is 18.7 Å². The van der Waals surface area contributed by atoms with E-state index in [-0.39, 0.29) is 10.4 Å². The van der Waals surface area contributed by atoms with E-state index in [9.17, 15) is 9.59 Å². The number of aromatic carboxylic acids is 1. The van der Waals surface area contributed by atoms with Crippen LogP contribution in [-0.2, 0) is 13.0 Å². The molecule has 0 amide bonds. The molecule has 0 aromatic carbocycles. The number of hydrogen-bond acceptors (Lipinski definition) is 4. The van der Waals surface area contributed by atoms with Crippen molar-refractivity contribution in [3.8, 4) is 0 Å². The standard InChI is InChI=1S/C13H14N2O3S/c1-8-4-3-5-11(16)15(8)7-6-10-14-9(2)12(19-10)13(17)18/h3-5H,6-7H2,1-2H3,(H,17,18). The monoisotopic (exact) mass is 278 g/mol. The first-order chi connectivity index (χ1) is 8.99. The summed E-state index contributed by atoms with van der Waals surface area (Å²) in [4.78, 5) is 27.1. The van der Waals surface area contributed by atoms with Crippen LogP contribution < -0.4 is 5.56 Å². The third-order valence-electron chi connectivity index (χ3n) is 2.85. The number of aromatic nitrogens is 2. The lowest BCUT2D eigenvalue weighted by Gasteiger charge is -2.07. The fraction of sp³-hybridized carbons (Fsp3) is 0.308. The number of rotatable bonds is 4. The molecule has 2 aromatic heterocycles. The molecule has 0 saturated carbocycles. The smallest absolute Gasteiger partial charge is 0.347 e. The van der Waals surface area contributed by atoms with Crippen molar-refractivity contribution in [2.75, 3.05) is 0 Å². The number of aryl methyl sites for hydroxylation is 3. The van der Waals surface area contributed by atoms with E-state index in [1.807, 2.05) is 13.0 Å². The second-order valence-electron chi connectivity index (χ2n) is 4.23. The van der Waals surface area contributed by atoms with Crippen LogP contribution in [0.2, 0.25) is 0 Å². The summed E-state index contributed by atoms with van der Waals surface area (Å²) in [5, 5.41) is 9.71. The first-order valence-corrected chi connectivity index (χ1v) is 6.66. The minimum atomic E-state index is -0.950. The van der Waals surface area contributed by atoms with Gasteiger partial charge in [-0.25, -0.2) is 9.78 Å². The maximum atomic E-state index is 11.7. The van der Waals surface area contributed by atoms with Crippen LogP contribution in [0.25, 0.3) is 0 Å². The van der Waals surface area contributed by atoms with Crippen molar-refractivity contribution < 1.29 is 9.90 Å². The molecule has 2 aromatic rings. The Bertz CT molecular complexity index is 673. The predicted octanol–water partition coefficient (Wildman–Crippen LogP) is 1.86. The van der Waals surface area contributed by atoms with Gasteiger partial charge in [0, 0.05) is 24.7 Å². The van der Waals surface area contributed by atoms with Gasteiger partial charge in [-0.2, -0.15) is 0 Å². The van der Waals surface area contributed by atoms with E-state index in [1.165, 1.54) is 17.4 Å². The molecule has 0 saturated heterocycles. The first kappa shape index (κ1) is 13.5. The number of thiazole rings is 1. The summed E-state index contributed by atoms with van der Waals surface area (Å²) in [7, 11) is 0. The number of pyridine rings is 1. The van der Waals surface area contributed by atoms with Crippen molar-refractivity contribution in [1.29, 1.82) is 0 Å². The maximum absolute atomic E-state index is 11.7. The van der Waals surface area contributed by atoms with E-state index in [4.69, 9.17) is 5.11 Å². The van der Waals surface area contributed by atoms with Crippen molar-refractivity contribution in [2.24, 2.45) is 0 Å². The fourth-order valence-electron chi connectivity index (χ4n) is 1.88. The molecule has 0 atom stereocenters. The molecule has 0 radical (unpaired) electrons. The minimum absolute atomic E-state index is 0.0493. The summed E-state index contributed by atoms with van der Waals surface area (Å²) in [6.45, 7) is 4.07. The SMILES string of the molecule is Cc1nc(CCn2c(C)cccc2=O)sc1C(=O)O. The van der Waals surface area contributed by atoms with Gasteiger partial charge in [0.25, 0.3) is 5.56 Å². The van der Waals surface area contributed by atoms with E-state index < -0.39 is 5.97 Å². The second-order valence-corrected chi connectivity index (χ2v) is 5.32. The molecule has 0 aliphatic carbocycles. The van der Waals surface area contributed by atoms with Gasteiger partial charge in [0.15, 0.2) is 0 Å². The minimum Gasteiger partial charge on any atom is -0.477 e. The fourth-order valence-corrected chi connectivity index (χ4v) is 2.77. The Balaban J connectivity index is 2.17. The topological polar surface area (TPSA) is 72.2 Å². The Hall–Kier alpha value is -1.95. The number of nitrogens with zero attached hydrogens (tertiary/aromatic N) is 2. The van der Waals surface area contributed by atoms with Crippen molar-refractivity contribution in [1.82, 2.24) is 9.55 Å². The average molecular weight is 278 g/mol. The Morgan fingerprint density at radius 2 is 2.16 bits per heavy atom. The molecule has 100 valence electrons. The van der Waals surface area contributed by atoms with Crippen LogP contribution in [0.5, 0.6) is 0 Å². The van der Waals surface area contributed by atoms with E-state index in [1.54, 1.807) is 17.6 Å². The Kier molecular flexibility index (Phi) is 3.80. The second kappa shape index (κ2) is 5.36.